The topological polar surface area (TPSA) is 82.6 Å². The number of benzene rings is 1. The quantitative estimate of drug-likeness (QED) is 0.718. The Kier molecular flexibility index (Phi) is 6.08. The molecule has 1 aliphatic heterocycles. The molecule has 1 N–H and O–H groups in total. The molecule has 0 spiro atoms. The van der Waals surface area contributed by atoms with Crippen LogP contribution in [0.2, 0.25) is 0 Å². The first-order chi connectivity index (χ1) is 13.3. The second-order valence-electron chi connectivity index (χ2n) is 6.77. The van der Waals surface area contributed by atoms with Crippen LogP contribution in [0.3, 0.4) is 0 Å². The first-order valence-corrected chi connectivity index (χ1v) is 9.69. The zero-order valence-electron chi connectivity index (χ0n) is 15.7. The zero-order chi connectivity index (χ0) is 20.3. The molecular formula is C20H21BrN4O3. The highest BCUT2D eigenvalue weighted by atomic mass is 79.9. The van der Waals surface area contributed by atoms with Gasteiger partial charge in [0.2, 0.25) is 17.7 Å². The Hall–Kier alpha value is -2.74. The third-order valence-electron chi connectivity index (χ3n) is 4.56. The fraction of sp³-hybridized carbons (Fsp3) is 0.300. The molecule has 7 nitrogen and oxygen atoms in total. The van der Waals surface area contributed by atoms with Crippen LogP contribution in [0.15, 0.2) is 47.1 Å². The molecule has 0 aliphatic carbocycles. The number of halogens is 1. The maximum Gasteiger partial charge on any atom is 0.245 e. The van der Waals surface area contributed by atoms with Crippen LogP contribution in [0.4, 0.5) is 11.5 Å². The number of carbonyl (C=O) groups is 3. The highest BCUT2D eigenvalue weighted by Crippen LogP contribution is 2.28. The molecule has 1 aromatic carbocycles. The van der Waals surface area contributed by atoms with Crippen molar-refractivity contribution in [2.24, 2.45) is 5.92 Å². The van der Waals surface area contributed by atoms with E-state index in [2.05, 4.69) is 26.2 Å². The molecule has 146 valence electrons. The molecular weight excluding hydrogens is 424 g/mol. The van der Waals surface area contributed by atoms with E-state index in [-0.39, 0.29) is 24.3 Å². The van der Waals surface area contributed by atoms with Gasteiger partial charge >= 0.3 is 0 Å². The van der Waals surface area contributed by atoms with Crippen molar-refractivity contribution >= 4 is 45.2 Å². The average molecular weight is 445 g/mol. The molecule has 1 saturated heterocycles. The summed E-state index contributed by atoms with van der Waals surface area (Å²) in [5.74, 6) is -1.29. The van der Waals surface area contributed by atoms with Gasteiger partial charge in [0, 0.05) is 29.9 Å². The maximum absolute atomic E-state index is 12.7. The predicted octanol–water partition coefficient (Wildman–Crippen LogP) is 2.60. The molecule has 8 heteroatoms. The first kappa shape index (κ1) is 20.0. The Labute approximate surface area is 171 Å². The third kappa shape index (κ3) is 4.56. The lowest BCUT2D eigenvalue weighted by molar-refractivity contribution is -0.140. The van der Waals surface area contributed by atoms with Crippen molar-refractivity contribution in [3.05, 3.63) is 52.6 Å². The normalized spacial score (nSPS) is 16.2. The van der Waals surface area contributed by atoms with Crippen molar-refractivity contribution in [3.8, 4) is 0 Å². The molecule has 1 aromatic heterocycles. The van der Waals surface area contributed by atoms with Crippen LogP contribution < -0.4 is 10.2 Å². The van der Waals surface area contributed by atoms with Gasteiger partial charge in [0.05, 0.1) is 6.54 Å². The van der Waals surface area contributed by atoms with E-state index >= 15 is 0 Å². The maximum atomic E-state index is 12.7. The van der Waals surface area contributed by atoms with Crippen molar-refractivity contribution in [2.75, 3.05) is 30.4 Å². The Morgan fingerprint density at radius 3 is 2.82 bits per heavy atom. The van der Waals surface area contributed by atoms with Crippen LogP contribution >= 0.6 is 15.9 Å². The summed E-state index contributed by atoms with van der Waals surface area (Å²) in [7, 11) is 1.53. The van der Waals surface area contributed by atoms with Gasteiger partial charge in [-0.1, -0.05) is 22.0 Å². The number of aryl methyl sites for hydroxylation is 1. The van der Waals surface area contributed by atoms with Crippen molar-refractivity contribution in [3.63, 3.8) is 0 Å². The van der Waals surface area contributed by atoms with Crippen molar-refractivity contribution in [2.45, 2.75) is 13.3 Å². The molecule has 0 radical (unpaired) electrons. The van der Waals surface area contributed by atoms with E-state index in [1.807, 2.05) is 37.3 Å². The first-order valence-electron chi connectivity index (χ1n) is 8.89. The second-order valence-corrected chi connectivity index (χ2v) is 7.69. The predicted molar refractivity (Wildman–Crippen MR) is 110 cm³/mol. The van der Waals surface area contributed by atoms with Crippen LogP contribution in [-0.4, -0.2) is 47.7 Å². The summed E-state index contributed by atoms with van der Waals surface area (Å²) in [5, 5.41) is 2.67. The molecule has 1 atom stereocenters. The van der Waals surface area contributed by atoms with Crippen LogP contribution in [0.25, 0.3) is 0 Å². The number of aromatic nitrogens is 1. The summed E-state index contributed by atoms with van der Waals surface area (Å²) in [4.78, 5) is 44.6. The molecule has 3 amide bonds. The third-order valence-corrected chi connectivity index (χ3v) is 5.06. The van der Waals surface area contributed by atoms with E-state index in [1.165, 1.54) is 11.9 Å². The lowest BCUT2D eigenvalue weighted by Gasteiger charge is -2.21. The van der Waals surface area contributed by atoms with E-state index in [4.69, 9.17) is 0 Å². The molecule has 1 fully saturated rings. The minimum Gasteiger partial charge on any atom is -0.336 e. The Balaban J connectivity index is 1.60. The van der Waals surface area contributed by atoms with Gasteiger partial charge in [-0.15, -0.1) is 0 Å². The number of amides is 3. The minimum absolute atomic E-state index is 0.144. The summed E-state index contributed by atoms with van der Waals surface area (Å²) >= 11 is 3.39. The molecule has 0 bridgehead atoms. The SMILES string of the molecule is Cc1ccnc(NC(=O)CN(C)C(=O)C2CCN(c3cccc(Br)c3)C2=O)c1. The summed E-state index contributed by atoms with van der Waals surface area (Å²) in [6.45, 7) is 2.23. The lowest BCUT2D eigenvalue weighted by Crippen LogP contribution is -2.41. The monoisotopic (exact) mass is 444 g/mol. The van der Waals surface area contributed by atoms with Crippen LogP contribution in [-0.2, 0) is 14.4 Å². The second kappa shape index (κ2) is 8.52. The van der Waals surface area contributed by atoms with E-state index in [0.717, 1.165) is 15.7 Å². The molecule has 2 heterocycles. The Morgan fingerprint density at radius 2 is 2.11 bits per heavy atom. The highest BCUT2D eigenvalue weighted by molar-refractivity contribution is 9.10. The number of likely N-dealkylation sites (N-methyl/N-ethyl adjacent to an activating group) is 1. The Morgan fingerprint density at radius 1 is 1.32 bits per heavy atom. The number of hydrogen-bond donors (Lipinski definition) is 1. The van der Waals surface area contributed by atoms with Gasteiger partial charge in [-0.05, 0) is 49.2 Å². The molecule has 28 heavy (non-hydrogen) atoms. The average Bonchev–Trinajstić information content (AvgIpc) is 3.02. The van der Waals surface area contributed by atoms with E-state index in [9.17, 15) is 14.4 Å². The standard InChI is InChI=1S/C20H21BrN4O3/c1-13-6-8-22-17(10-13)23-18(26)12-24(2)19(27)16-7-9-25(20(16)28)15-5-3-4-14(21)11-15/h3-6,8,10-11,16H,7,9,12H2,1-2H3,(H,22,23,26). The molecule has 1 unspecified atom stereocenters. The van der Waals surface area contributed by atoms with Crippen molar-refractivity contribution in [1.82, 2.24) is 9.88 Å². The van der Waals surface area contributed by atoms with Gasteiger partial charge in [0.15, 0.2) is 0 Å². The largest absolute Gasteiger partial charge is 0.336 e. The number of anilines is 2. The van der Waals surface area contributed by atoms with E-state index < -0.39 is 5.92 Å². The van der Waals surface area contributed by atoms with Crippen LogP contribution in [0.5, 0.6) is 0 Å². The van der Waals surface area contributed by atoms with Gasteiger partial charge < -0.3 is 15.1 Å². The number of pyridine rings is 1. The summed E-state index contributed by atoms with van der Waals surface area (Å²) in [5.41, 5.74) is 1.72. The van der Waals surface area contributed by atoms with Gasteiger partial charge in [-0.25, -0.2) is 4.98 Å². The van der Waals surface area contributed by atoms with Gasteiger partial charge in [-0.3, -0.25) is 14.4 Å². The highest BCUT2D eigenvalue weighted by Gasteiger charge is 2.39. The summed E-state index contributed by atoms with van der Waals surface area (Å²) < 4.78 is 0.867. The van der Waals surface area contributed by atoms with Gasteiger partial charge in [-0.2, -0.15) is 0 Å². The van der Waals surface area contributed by atoms with Crippen molar-refractivity contribution in [1.29, 1.82) is 0 Å². The molecule has 0 saturated carbocycles. The fourth-order valence-corrected chi connectivity index (χ4v) is 3.54. The van der Waals surface area contributed by atoms with E-state index in [1.54, 1.807) is 17.2 Å². The number of hydrogen-bond acceptors (Lipinski definition) is 4. The smallest absolute Gasteiger partial charge is 0.245 e. The zero-order valence-corrected chi connectivity index (χ0v) is 17.3. The van der Waals surface area contributed by atoms with Gasteiger partial charge in [0.25, 0.3) is 0 Å². The number of rotatable bonds is 5. The van der Waals surface area contributed by atoms with E-state index in [0.29, 0.717) is 18.8 Å². The van der Waals surface area contributed by atoms with Crippen molar-refractivity contribution < 1.29 is 14.4 Å². The number of nitrogens with zero attached hydrogens (tertiary/aromatic N) is 3. The number of carbonyl (C=O) groups excluding carboxylic acids is 3. The van der Waals surface area contributed by atoms with Crippen LogP contribution in [0, 0.1) is 12.8 Å². The number of nitrogens with one attached hydrogen (secondary N) is 1. The fourth-order valence-electron chi connectivity index (χ4n) is 3.16. The molecule has 2 aromatic rings. The lowest BCUT2D eigenvalue weighted by atomic mass is 10.1. The molecule has 3 rings (SSSR count). The summed E-state index contributed by atoms with van der Waals surface area (Å²) in [6, 6.07) is 11.0. The molecule has 1 aliphatic rings. The Bertz CT molecular complexity index is 918. The summed E-state index contributed by atoms with van der Waals surface area (Å²) in [6.07, 6.45) is 2.03. The van der Waals surface area contributed by atoms with Crippen LogP contribution in [0.1, 0.15) is 12.0 Å². The van der Waals surface area contributed by atoms with Gasteiger partial charge in [0.1, 0.15) is 11.7 Å². The minimum atomic E-state index is -0.770.